The molecule has 0 bridgehead atoms. The summed E-state index contributed by atoms with van der Waals surface area (Å²) < 4.78 is 8.20. The van der Waals surface area contributed by atoms with E-state index in [1.54, 1.807) is 0 Å². The topological polar surface area (TPSA) is 62.9 Å². The third-order valence-electron chi connectivity index (χ3n) is 6.15. The number of nitrogens with zero attached hydrogens (tertiary/aromatic N) is 4. The highest BCUT2D eigenvalue weighted by molar-refractivity contribution is 5.82. The van der Waals surface area contributed by atoms with Crippen LogP contribution in [0.4, 0.5) is 0 Å². The van der Waals surface area contributed by atoms with Crippen LogP contribution in [0.2, 0.25) is 0 Å². The molecule has 33 heavy (non-hydrogen) atoms. The molecule has 0 aliphatic carbocycles. The van der Waals surface area contributed by atoms with E-state index in [-0.39, 0.29) is 0 Å². The van der Waals surface area contributed by atoms with E-state index in [4.69, 9.17) is 9.52 Å². The molecule has 0 aliphatic rings. The zero-order valence-electron chi connectivity index (χ0n) is 19.4. The molecule has 168 valence electrons. The maximum absolute atomic E-state index is 6.18. The molecule has 5 aromatic rings. The Kier molecular flexibility index (Phi) is 5.84. The molecular formula is C27H29N5O. The van der Waals surface area contributed by atoms with Gasteiger partial charge in [0.2, 0.25) is 0 Å². The molecule has 2 aromatic carbocycles. The van der Waals surface area contributed by atoms with Crippen molar-refractivity contribution >= 4 is 11.0 Å². The van der Waals surface area contributed by atoms with Crippen molar-refractivity contribution in [2.24, 2.45) is 0 Å². The van der Waals surface area contributed by atoms with Crippen LogP contribution in [0, 0.1) is 13.8 Å². The van der Waals surface area contributed by atoms with Crippen molar-refractivity contribution in [1.82, 2.24) is 24.9 Å². The van der Waals surface area contributed by atoms with Crippen molar-refractivity contribution in [2.75, 3.05) is 13.6 Å². The summed E-state index contributed by atoms with van der Waals surface area (Å²) in [5.74, 6) is 0.813. The summed E-state index contributed by atoms with van der Waals surface area (Å²) in [6.45, 7) is 6.60. The molecule has 0 aliphatic heterocycles. The fourth-order valence-electron chi connectivity index (χ4n) is 4.35. The fourth-order valence-corrected chi connectivity index (χ4v) is 4.35. The Hall–Kier alpha value is -3.64. The van der Waals surface area contributed by atoms with Crippen molar-refractivity contribution in [3.05, 3.63) is 94.9 Å². The number of fused-ring (bicyclic) bond motifs is 1. The molecule has 0 fully saturated rings. The molecule has 0 radical (unpaired) electrons. The summed E-state index contributed by atoms with van der Waals surface area (Å²) in [7, 11) is 2.15. The first kappa shape index (κ1) is 21.2. The van der Waals surface area contributed by atoms with Gasteiger partial charge in [-0.3, -0.25) is 9.78 Å². The van der Waals surface area contributed by atoms with Crippen LogP contribution in [0.1, 0.15) is 28.1 Å². The number of aryl methyl sites for hydroxylation is 2. The van der Waals surface area contributed by atoms with E-state index in [1.807, 2.05) is 28.9 Å². The molecule has 3 heterocycles. The largest absolute Gasteiger partial charge is 0.454 e. The summed E-state index contributed by atoms with van der Waals surface area (Å²) in [6, 6.07) is 20.6. The van der Waals surface area contributed by atoms with Crippen LogP contribution in [0.3, 0.4) is 0 Å². The van der Waals surface area contributed by atoms with Gasteiger partial charge in [-0.05, 0) is 50.6 Å². The lowest BCUT2D eigenvalue weighted by Crippen LogP contribution is -2.21. The SMILES string of the molecule is Cc1n[nH]c(C)c1CCN(C)Cc1cn(Cc2ccccc2)nc1-c1cc2ccccc2o1. The Bertz CT molecular complexity index is 1310. The first-order chi connectivity index (χ1) is 16.1. The van der Waals surface area contributed by atoms with Crippen molar-refractivity contribution in [2.45, 2.75) is 33.4 Å². The first-order valence-corrected chi connectivity index (χ1v) is 11.3. The van der Waals surface area contributed by atoms with E-state index < -0.39 is 0 Å². The first-order valence-electron chi connectivity index (χ1n) is 11.3. The number of benzene rings is 2. The summed E-state index contributed by atoms with van der Waals surface area (Å²) >= 11 is 0. The molecule has 0 unspecified atom stereocenters. The molecule has 6 heteroatoms. The number of nitrogens with one attached hydrogen (secondary N) is 1. The monoisotopic (exact) mass is 439 g/mol. The summed E-state index contributed by atoms with van der Waals surface area (Å²) in [4.78, 5) is 2.34. The summed E-state index contributed by atoms with van der Waals surface area (Å²) in [5.41, 5.74) is 7.72. The van der Waals surface area contributed by atoms with Gasteiger partial charge < -0.3 is 9.32 Å². The standard InChI is InChI=1S/C27H29N5O/c1-19-24(20(2)29-28-19)13-14-31(3)17-23-18-32(16-21-9-5-4-6-10-21)30-27(23)26-15-22-11-7-8-12-25(22)33-26/h4-12,15,18H,13-14,16-17H2,1-3H3,(H,28,29). The number of H-pyrrole nitrogens is 1. The highest BCUT2D eigenvalue weighted by Crippen LogP contribution is 2.30. The van der Waals surface area contributed by atoms with Gasteiger partial charge in [0, 0.05) is 35.9 Å². The number of aromatic nitrogens is 4. The molecule has 0 saturated carbocycles. The predicted molar refractivity (Wildman–Crippen MR) is 131 cm³/mol. The Morgan fingerprint density at radius 1 is 1.03 bits per heavy atom. The van der Waals surface area contributed by atoms with Gasteiger partial charge in [0.1, 0.15) is 11.3 Å². The highest BCUT2D eigenvalue weighted by Gasteiger charge is 2.18. The lowest BCUT2D eigenvalue weighted by molar-refractivity contribution is 0.331. The third kappa shape index (κ3) is 4.61. The number of hydrogen-bond acceptors (Lipinski definition) is 4. The minimum absolute atomic E-state index is 0.727. The van der Waals surface area contributed by atoms with E-state index >= 15 is 0 Å². The second kappa shape index (κ2) is 9.08. The average Bonchev–Trinajstić information content (AvgIpc) is 3.50. The van der Waals surface area contributed by atoms with Crippen LogP contribution in [0.25, 0.3) is 22.4 Å². The van der Waals surface area contributed by atoms with E-state index in [0.29, 0.717) is 0 Å². The minimum Gasteiger partial charge on any atom is -0.454 e. The molecule has 0 atom stereocenters. The van der Waals surface area contributed by atoms with Crippen LogP contribution in [-0.2, 0) is 19.5 Å². The molecule has 6 nitrogen and oxygen atoms in total. The Morgan fingerprint density at radius 3 is 2.58 bits per heavy atom. The van der Waals surface area contributed by atoms with E-state index in [0.717, 1.165) is 65.4 Å². The zero-order chi connectivity index (χ0) is 22.8. The quantitative estimate of drug-likeness (QED) is 0.354. The van der Waals surface area contributed by atoms with Crippen LogP contribution in [0.5, 0.6) is 0 Å². The van der Waals surface area contributed by atoms with Gasteiger partial charge in [-0.1, -0.05) is 48.5 Å². The highest BCUT2D eigenvalue weighted by atomic mass is 16.3. The average molecular weight is 440 g/mol. The van der Waals surface area contributed by atoms with Crippen LogP contribution in [-0.4, -0.2) is 38.5 Å². The number of hydrogen-bond donors (Lipinski definition) is 1. The summed E-state index contributed by atoms with van der Waals surface area (Å²) in [6.07, 6.45) is 3.11. The van der Waals surface area contributed by atoms with Crippen molar-refractivity contribution in [3.63, 3.8) is 0 Å². The zero-order valence-corrected chi connectivity index (χ0v) is 19.4. The van der Waals surface area contributed by atoms with E-state index in [9.17, 15) is 0 Å². The van der Waals surface area contributed by atoms with Crippen LogP contribution < -0.4 is 0 Å². The van der Waals surface area contributed by atoms with E-state index in [2.05, 4.69) is 78.6 Å². The van der Waals surface area contributed by atoms with Gasteiger partial charge in [-0.25, -0.2) is 0 Å². The van der Waals surface area contributed by atoms with Crippen LogP contribution in [0.15, 0.2) is 71.3 Å². The van der Waals surface area contributed by atoms with Gasteiger partial charge in [-0.2, -0.15) is 10.2 Å². The molecule has 5 rings (SSSR count). The predicted octanol–water partition coefficient (Wildman–Crippen LogP) is 5.36. The molecule has 3 aromatic heterocycles. The lowest BCUT2D eigenvalue weighted by Gasteiger charge is -2.16. The summed E-state index contributed by atoms with van der Waals surface area (Å²) in [5, 5.41) is 13.4. The van der Waals surface area contributed by atoms with Gasteiger partial charge >= 0.3 is 0 Å². The number of furan rings is 1. The minimum atomic E-state index is 0.727. The molecule has 0 amide bonds. The van der Waals surface area contributed by atoms with Crippen LogP contribution >= 0.6 is 0 Å². The van der Waals surface area contributed by atoms with Gasteiger partial charge in [-0.15, -0.1) is 0 Å². The maximum Gasteiger partial charge on any atom is 0.156 e. The lowest BCUT2D eigenvalue weighted by atomic mass is 10.1. The van der Waals surface area contributed by atoms with Gasteiger partial charge in [0.15, 0.2) is 5.76 Å². The Labute approximate surface area is 193 Å². The second-order valence-corrected chi connectivity index (χ2v) is 8.73. The second-order valence-electron chi connectivity index (χ2n) is 8.73. The van der Waals surface area contributed by atoms with Crippen molar-refractivity contribution in [1.29, 1.82) is 0 Å². The third-order valence-corrected chi connectivity index (χ3v) is 6.15. The number of rotatable bonds is 8. The molecule has 1 N–H and O–H groups in total. The fraction of sp³-hybridized carbons (Fsp3) is 0.259. The smallest absolute Gasteiger partial charge is 0.156 e. The number of para-hydroxylation sites is 1. The maximum atomic E-state index is 6.18. The normalized spacial score (nSPS) is 11.6. The van der Waals surface area contributed by atoms with Gasteiger partial charge in [0.25, 0.3) is 0 Å². The number of aromatic amines is 1. The van der Waals surface area contributed by atoms with Crippen molar-refractivity contribution < 1.29 is 4.42 Å². The molecule has 0 saturated heterocycles. The van der Waals surface area contributed by atoms with E-state index in [1.165, 1.54) is 11.1 Å². The molecule has 0 spiro atoms. The number of likely N-dealkylation sites (N-methyl/N-ethyl adjacent to an activating group) is 1. The Balaban J connectivity index is 1.41. The van der Waals surface area contributed by atoms with Crippen molar-refractivity contribution in [3.8, 4) is 11.5 Å². The van der Waals surface area contributed by atoms with Gasteiger partial charge in [0.05, 0.1) is 12.2 Å². The molecular weight excluding hydrogens is 410 g/mol. The Morgan fingerprint density at radius 2 is 1.82 bits per heavy atom.